The van der Waals surface area contributed by atoms with E-state index >= 15 is 0 Å². The average molecular weight is 586 g/mol. The SMILES string of the molecule is COc1cc2nc(C)ccc2cc1-c1cnc(C(CCCCCC(=O)c2ncco2)NC(=O)[C@H]2CC23CCN(C)CC3)o1. The molecule has 4 aromatic rings. The highest BCUT2D eigenvalue weighted by molar-refractivity contribution is 5.91. The van der Waals surface area contributed by atoms with Gasteiger partial charge in [-0.1, -0.05) is 18.9 Å². The maximum atomic E-state index is 13.5. The van der Waals surface area contributed by atoms with Crippen molar-refractivity contribution in [3.63, 3.8) is 0 Å². The standard InChI is InChI=1S/C33H39N5O5/c1-21-9-10-22-17-23(28(41-3)18-26(22)36-21)29-20-35-31(43-29)25(7-5-4-6-8-27(39)32-34-13-16-42-32)37-30(40)24-19-33(24)11-14-38(2)15-12-33/h9-10,13,16-18,20,24-25H,4-8,11-12,14-15,19H2,1-3H3,(H,37,40)/t24-,25?/m1/s1. The number of nitrogens with zero attached hydrogens (tertiary/aromatic N) is 4. The number of ketones is 1. The van der Waals surface area contributed by atoms with Crippen LogP contribution in [0.3, 0.4) is 0 Å². The molecule has 2 atom stereocenters. The fourth-order valence-electron chi connectivity index (χ4n) is 6.33. The summed E-state index contributed by atoms with van der Waals surface area (Å²) < 4.78 is 17.1. The van der Waals surface area contributed by atoms with Gasteiger partial charge >= 0.3 is 0 Å². The number of pyridine rings is 1. The van der Waals surface area contributed by atoms with Gasteiger partial charge in [0.25, 0.3) is 5.89 Å². The molecule has 1 aliphatic carbocycles. The number of aromatic nitrogens is 3. The lowest BCUT2D eigenvalue weighted by Crippen LogP contribution is -2.36. The van der Waals surface area contributed by atoms with Crippen LogP contribution in [-0.4, -0.2) is 58.8 Å². The summed E-state index contributed by atoms with van der Waals surface area (Å²) in [7, 11) is 3.77. The fraction of sp³-hybridized carbons (Fsp3) is 0.485. The van der Waals surface area contributed by atoms with E-state index in [0.29, 0.717) is 36.7 Å². The van der Waals surface area contributed by atoms with Gasteiger partial charge < -0.3 is 23.8 Å². The smallest absolute Gasteiger partial charge is 0.263 e. The van der Waals surface area contributed by atoms with E-state index in [1.807, 2.05) is 31.2 Å². The Morgan fingerprint density at radius 1 is 1.16 bits per heavy atom. The molecule has 2 fully saturated rings. The van der Waals surface area contributed by atoms with Crippen molar-refractivity contribution in [3.05, 3.63) is 60.4 Å². The number of benzene rings is 1. The molecule has 226 valence electrons. The number of aryl methyl sites for hydroxylation is 1. The van der Waals surface area contributed by atoms with E-state index in [0.717, 1.165) is 67.4 Å². The maximum Gasteiger partial charge on any atom is 0.263 e. The predicted molar refractivity (Wildman–Crippen MR) is 161 cm³/mol. The molecule has 2 aliphatic rings. The van der Waals surface area contributed by atoms with Gasteiger partial charge in [-0.3, -0.25) is 14.6 Å². The Kier molecular flexibility index (Phi) is 8.30. The van der Waals surface area contributed by atoms with Crippen LogP contribution in [-0.2, 0) is 4.79 Å². The highest BCUT2D eigenvalue weighted by Crippen LogP contribution is 2.59. The molecular weight excluding hydrogens is 546 g/mol. The van der Waals surface area contributed by atoms with Crippen LogP contribution in [0.15, 0.2) is 51.8 Å². The van der Waals surface area contributed by atoms with E-state index in [2.05, 4.69) is 32.2 Å². The number of methoxy groups -OCH3 is 1. The highest BCUT2D eigenvalue weighted by Gasteiger charge is 2.58. The number of likely N-dealkylation sites (tertiary alicyclic amines) is 1. The number of oxazole rings is 2. The molecule has 1 saturated heterocycles. The van der Waals surface area contributed by atoms with Crippen molar-refractivity contribution in [2.75, 3.05) is 27.2 Å². The molecular formula is C33H39N5O5. The number of carbonyl (C=O) groups excluding carboxylic acids is 2. The van der Waals surface area contributed by atoms with Gasteiger partial charge in [-0.2, -0.15) is 0 Å². The van der Waals surface area contributed by atoms with E-state index in [4.69, 9.17) is 13.6 Å². The van der Waals surface area contributed by atoms with Gasteiger partial charge in [0.15, 0.2) is 5.76 Å². The molecule has 43 heavy (non-hydrogen) atoms. The molecule has 1 unspecified atom stereocenters. The molecule has 1 spiro atoms. The molecule has 1 aromatic carbocycles. The molecule has 0 radical (unpaired) electrons. The van der Waals surface area contributed by atoms with Gasteiger partial charge in [0, 0.05) is 29.5 Å². The van der Waals surface area contributed by atoms with Gasteiger partial charge in [0.05, 0.1) is 30.6 Å². The lowest BCUT2D eigenvalue weighted by molar-refractivity contribution is -0.124. The lowest BCUT2D eigenvalue weighted by Gasteiger charge is -2.30. The molecule has 10 nitrogen and oxygen atoms in total. The van der Waals surface area contributed by atoms with Gasteiger partial charge in [-0.15, -0.1) is 0 Å². The number of nitrogens with one attached hydrogen (secondary N) is 1. The van der Waals surface area contributed by atoms with Gasteiger partial charge in [-0.25, -0.2) is 9.97 Å². The molecule has 3 aromatic heterocycles. The van der Waals surface area contributed by atoms with E-state index in [9.17, 15) is 9.59 Å². The molecule has 1 amide bonds. The Morgan fingerprint density at radius 2 is 2.00 bits per heavy atom. The zero-order chi connectivity index (χ0) is 30.0. The maximum absolute atomic E-state index is 13.5. The van der Waals surface area contributed by atoms with Crippen LogP contribution in [0, 0.1) is 18.3 Å². The van der Waals surface area contributed by atoms with Crippen LogP contribution in [0.5, 0.6) is 5.75 Å². The van der Waals surface area contributed by atoms with Gasteiger partial charge in [-0.05, 0) is 76.7 Å². The number of piperidine rings is 1. The largest absolute Gasteiger partial charge is 0.496 e. The topological polar surface area (TPSA) is 124 Å². The summed E-state index contributed by atoms with van der Waals surface area (Å²) in [6.45, 7) is 4.03. The molecule has 1 aliphatic heterocycles. The minimum Gasteiger partial charge on any atom is -0.496 e. The third-order valence-electron chi connectivity index (χ3n) is 9.11. The Hall–Kier alpha value is -4.05. The second-order valence-corrected chi connectivity index (χ2v) is 12.1. The molecule has 10 heteroatoms. The van der Waals surface area contributed by atoms with Crippen LogP contribution in [0.4, 0.5) is 0 Å². The molecule has 4 heterocycles. The van der Waals surface area contributed by atoms with Gasteiger partial charge in [0.2, 0.25) is 17.6 Å². The van der Waals surface area contributed by atoms with Crippen LogP contribution in [0.2, 0.25) is 0 Å². The Balaban J connectivity index is 1.17. The first kappa shape index (κ1) is 29.0. The number of fused-ring (bicyclic) bond motifs is 1. The third-order valence-corrected chi connectivity index (χ3v) is 9.11. The number of carbonyl (C=O) groups is 2. The summed E-state index contributed by atoms with van der Waals surface area (Å²) in [6, 6.07) is 7.54. The van der Waals surface area contributed by atoms with Crippen molar-refractivity contribution in [2.45, 2.75) is 64.3 Å². The normalized spacial score (nSPS) is 18.5. The van der Waals surface area contributed by atoms with Crippen molar-refractivity contribution in [3.8, 4) is 17.1 Å². The predicted octanol–water partition coefficient (Wildman–Crippen LogP) is 5.92. The summed E-state index contributed by atoms with van der Waals surface area (Å²) in [5, 5.41) is 4.26. The molecule has 0 bridgehead atoms. The van der Waals surface area contributed by atoms with E-state index in [1.165, 1.54) is 12.5 Å². The molecule has 1 N–H and O–H groups in total. The average Bonchev–Trinajstić information content (AvgIpc) is 3.36. The number of hydrogen-bond donors (Lipinski definition) is 1. The zero-order valence-corrected chi connectivity index (χ0v) is 25.1. The van der Waals surface area contributed by atoms with E-state index in [-0.39, 0.29) is 35.0 Å². The van der Waals surface area contributed by atoms with E-state index < -0.39 is 0 Å². The van der Waals surface area contributed by atoms with Crippen LogP contribution >= 0.6 is 0 Å². The summed E-state index contributed by atoms with van der Waals surface area (Å²) in [5.41, 5.74) is 2.69. The van der Waals surface area contributed by atoms with Crippen molar-refractivity contribution in [1.29, 1.82) is 0 Å². The minimum atomic E-state index is -0.372. The number of hydrogen-bond acceptors (Lipinski definition) is 9. The second-order valence-electron chi connectivity index (χ2n) is 12.1. The fourth-order valence-corrected chi connectivity index (χ4v) is 6.33. The van der Waals surface area contributed by atoms with Crippen molar-refractivity contribution >= 4 is 22.6 Å². The summed E-state index contributed by atoms with van der Waals surface area (Å²) in [4.78, 5) is 41.3. The Labute approximate surface area is 251 Å². The lowest BCUT2D eigenvalue weighted by atomic mass is 9.91. The summed E-state index contributed by atoms with van der Waals surface area (Å²) in [6.07, 6.45) is 11.0. The van der Waals surface area contributed by atoms with Crippen LogP contribution in [0.25, 0.3) is 22.2 Å². The van der Waals surface area contributed by atoms with Crippen molar-refractivity contribution in [1.82, 2.24) is 25.2 Å². The van der Waals surface area contributed by atoms with Crippen molar-refractivity contribution < 1.29 is 23.2 Å². The third kappa shape index (κ3) is 6.34. The quantitative estimate of drug-likeness (QED) is 0.159. The number of ether oxygens (including phenoxy) is 1. The number of unbranched alkanes of at least 4 members (excludes halogenated alkanes) is 2. The van der Waals surface area contributed by atoms with E-state index in [1.54, 1.807) is 13.3 Å². The molecule has 6 rings (SSSR count). The molecule has 1 saturated carbocycles. The second kappa shape index (κ2) is 12.3. The highest BCUT2D eigenvalue weighted by atomic mass is 16.5. The van der Waals surface area contributed by atoms with Crippen LogP contribution in [0.1, 0.15) is 79.7 Å². The first-order valence-corrected chi connectivity index (χ1v) is 15.2. The number of rotatable bonds is 12. The Morgan fingerprint density at radius 3 is 2.77 bits per heavy atom. The number of amides is 1. The van der Waals surface area contributed by atoms with Crippen LogP contribution < -0.4 is 10.1 Å². The Bertz CT molecular complexity index is 1590. The summed E-state index contributed by atoms with van der Waals surface area (Å²) in [5.74, 6) is 1.86. The van der Waals surface area contributed by atoms with Gasteiger partial charge in [0.1, 0.15) is 18.1 Å². The summed E-state index contributed by atoms with van der Waals surface area (Å²) >= 11 is 0. The number of Topliss-reactive ketones (excluding diaryl/α,β-unsaturated/α-hetero) is 1. The zero-order valence-electron chi connectivity index (χ0n) is 25.1. The first-order valence-electron chi connectivity index (χ1n) is 15.2. The monoisotopic (exact) mass is 585 g/mol. The minimum absolute atomic E-state index is 0.0353. The van der Waals surface area contributed by atoms with Crippen molar-refractivity contribution in [2.24, 2.45) is 11.3 Å². The first-order chi connectivity index (χ1) is 20.8.